The van der Waals surface area contributed by atoms with E-state index in [0.717, 1.165) is 32.6 Å². The molecule has 0 aliphatic rings. The van der Waals surface area contributed by atoms with Crippen molar-refractivity contribution in [3.8, 4) is 33.2 Å². The third kappa shape index (κ3) is 3.91. The van der Waals surface area contributed by atoms with E-state index >= 15 is 0 Å². The highest BCUT2D eigenvalue weighted by molar-refractivity contribution is 7.13. The van der Waals surface area contributed by atoms with E-state index in [2.05, 4.69) is 43.0 Å². The van der Waals surface area contributed by atoms with E-state index < -0.39 is 0 Å². The normalized spacial score (nSPS) is 11.3. The molecule has 0 bridgehead atoms. The van der Waals surface area contributed by atoms with E-state index in [1.165, 1.54) is 0 Å². The van der Waals surface area contributed by atoms with Gasteiger partial charge >= 0.3 is 0 Å². The van der Waals surface area contributed by atoms with Gasteiger partial charge in [0.1, 0.15) is 5.52 Å². The minimum absolute atomic E-state index is 0.197. The van der Waals surface area contributed by atoms with E-state index in [9.17, 15) is 4.79 Å². The number of imidazole rings is 1. The van der Waals surface area contributed by atoms with Crippen LogP contribution in [-0.2, 0) is 0 Å². The van der Waals surface area contributed by atoms with Gasteiger partial charge in [0, 0.05) is 27.8 Å². The lowest BCUT2D eigenvalue weighted by molar-refractivity contribution is 0.102. The highest BCUT2D eigenvalue weighted by Crippen LogP contribution is 2.33. The van der Waals surface area contributed by atoms with Crippen LogP contribution in [0, 0.1) is 0 Å². The maximum Gasteiger partial charge on any atom is 0.255 e. The largest absolute Gasteiger partial charge is 0.336 e. The van der Waals surface area contributed by atoms with Gasteiger partial charge in [-0.15, -0.1) is 11.3 Å². The summed E-state index contributed by atoms with van der Waals surface area (Å²) < 4.78 is 0. The Balaban J connectivity index is 1.25. The van der Waals surface area contributed by atoms with Crippen LogP contribution in [0.2, 0.25) is 0 Å². The van der Waals surface area contributed by atoms with Gasteiger partial charge in [-0.1, -0.05) is 36.4 Å². The summed E-state index contributed by atoms with van der Waals surface area (Å²) in [6.07, 6.45) is 3.34. The third-order valence-corrected chi connectivity index (χ3v) is 7.16. The molecular formula is C29H19N7OS. The number of anilines is 1. The zero-order valence-corrected chi connectivity index (χ0v) is 20.7. The fourth-order valence-corrected chi connectivity index (χ4v) is 5.19. The second-order valence-electron chi connectivity index (χ2n) is 8.71. The van der Waals surface area contributed by atoms with Gasteiger partial charge in [-0.3, -0.25) is 14.9 Å². The number of H-pyrrole nitrogens is 2. The first-order valence-corrected chi connectivity index (χ1v) is 12.8. The molecule has 0 fully saturated rings. The van der Waals surface area contributed by atoms with E-state index in [0.29, 0.717) is 34.0 Å². The molecule has 0 saturated carbocycles. The Hall–Kier alpha value is -5.15. The molecular weight excluding hydrogens is 494 g/mol. The van der Waals surface area contributed by atoms with Gasteiger partial charge in [-0.2, -0.15) is 5.10 Å². The summed E-state index contributed by atoms with van der Waals surface area (Å²) in [4.78, 5) is 31.3. The van der Waals surface area contributed by atoms with Crippen molar-refractivity contribution in [2.24, 2.45) is 0 Å². The van der Waals surface area contributed by atoms with Gasteiger partial charge in [-0.25, -0.2) is 9.97 Å². The second-order valence-corrected chi connectivity index (χ2v) is 9.66. The number of thiophene rings is 1. The Labute approximate surface area is 220 Å². The van der Waals surface area contributed by atoms with Crippen molar-refractivity contribution in [3.63, 3.8) is 0 Å². The highest BCUT2D eigenvalue weighted by Gasteiger charge is 2.17. The van der Waals surface area contributed by atoms with Crippen molar-refractivity contribution in [1.82, 2.24) is 30.1 Å². The summed E-state index contributed by atoms with van der Waals surface area (Å²) in [5.41, 5.74) is 7.67. The first-order valence-electron chi connectivity index (χ1n) is 11.9. The molecule has 0 aliphatic heterocycles. The van der Waals surface area contributed by atoms with Crippen molar-refractivity contribution < 1.29 is 4.79 Å². The number of nitrogens with zero attached hydrogens (tertiary/aromatic N) is 4. The molecule has 0 saturated heterocycles. The minimum atomic E-state index is -0.197. The van der Waals surface area contributed by atoms with Crippen LogP contribution in [0.25, 0.3) is 55.3 Å². The number of rotatable bonds is 5. The molecule has 8 nitrogen and oxygen atoms in total. The molecule has 182 valence electrons. The first kappa shape index (κ1) is 22.1. The van der Waals surface area contributed by atoms with Crippen LogP contribution in [0.3, 0.4) is 0 Å². The maximum absolute atomic E-state index is 12.6. The van der Waals surface area contributed by atoms with Crippen LogP contribution in [-0.4, -0.2) is 36.0 Å². The summed E-state index contributed by atoms with van der Waals surface area (Å²) in [5.74, 6) is 0.443. The van der Waals surface area contributed by atoms with Crippen molar-refractivity contribution in [1.29, 1.82) is 0 Å². The van der Waals surface area contributed by atoms with Gasteiger partial charge in [0.2, 0.25) is 0 Å². The standard InChI is InChI=1S/C29H19N7OS/c37-29(17-6-2-1-3-7-17)31-19-14-18(15-30-16-19)21-11-12-23-26(32-21)27(36-35-23)28-33-22-9-4-8-20(25(22)34-28)24-10-5-13-38-24/h1-16H,(H,31,37)(H,33,34)(H,35,36). The molecule has 7 rings (SSSR count). The Morgan fingerprint density at radius 2 is 1.76 bits per heavy atom. The number of fused-ring (bicyclic) bond motifs is 2. The molecule has 5 heterocycles. The molecule has 0 radical (unpaired) electrons. The first-order chi connectivity index (χ1) is 18.7. The average Bonchev–Trinajstić information content (AvgIpc) is 3.73. The van der Waals surface area contributed by atoms with Crippen molar-refractivity contribution in [2.75, 3.05) is 5.32 Å². The lowest BCUT2D eigenvalue weighted by atomic mass is 10.1. The number of hydrogen-bond acceptors (Lipinski definition) is 6. The van der Waals surface area contributed by atoms with Crippen LogP contribution >= 0.6 is 11.3 Å². The van der Waals surface area contributed by atoms with Crippen LogP contribution in [0.15, 0.2) is 96.6 Å². The van der Waals surface area contributed by atoms with Crippen LogP contribution in [0.5, 0.6) is 0 Å². The number of para-hydroxylation sites is 1. The molecule has 0 atom stereocenters. The third-order valence-electron chi connectivity index (χ3n) is 6.26. The fourth-order valence-electron chi connectivity index (χ4n) is 4.44. The molecule has 0 unspecified atom stereocenters. The van der Waals surface area contributed by atoms with Crippen molar-refractivity contribution in [2.45, 2.75) is 0 Å². The quantitative estimate of drug-likeness (QED) is 0.242. The number of carbonyl (C=O) groups is 1. The number of nitrogens with one attached hydrogen (secondary N) is 3. The summed E-state index contributed by atoms with van der Waals surface area (Å²) in [6, 6.07) is 25.0. The number of benzene rings is 2. The molecule has 0 spiro atoms. The number of hydrogen-bond donors (Lipinski definition) is 3. The second kappa shape index (κ2) is 9.06. The van der Waals surface area contributed by atoms with Gasteiger partial charge < -0.3 is 10.3 Å². The number of carbonyl (C=O) groups excluding carboxylic acids is 1. The minimum Gasteiger partial charge on any atom is -0.336 e. The van der Waals surface area contributed by atoms with Gasteiger partial charge in [0.05, 0.1) is 34.1 Å². The lowest BCUT2D eigenvalue weighted by Gasteiger charge is -2.07. The predicted octanol–water partition coefficient (Wildman–Crippen LogP) is 6.54. The molecule has 3 N–H and O–H groups in total. The molecule has 1 amide bonds. The van der Waals surface area contributed by atoms with Crippen LogP contribution in [0.1, 0.15) is 10.4 Å². The number of amides is 1. The number of aromatic nitrogens is 6. The topological polar surface area (TPSA) is 112 Å². The van der Waals surface area contributed by atoms with Gasteiger partial charge in [0.25, 0.3) is 5.91 Å². The highest BCUT2D eigenvalue weighted by atomic mass is 32.1. The summed E-state index contributed by atoms with van der Waals surface area (Å²) in [5, 5.41) is 12.6. The maximum atomic E-state index is 12.6. The Bertz CT molecular complexity index is 1920. The molecule has 7 aromatic rings. The Morgan fingerprint density at radius 1 is 0.842 bits per heavy atom. The van der Waals surface area contributed by atoms with Gasteiger partial charge in [0.15, 0.2) is 11.5 Å². The Morgan fingerprint density at radius 3 is 2.63 bits per heavy atom. The number of pyridine rings is 2. The zero-order valence-electron chi connectivity index (χ0n) is 19.8. The zero-order chi connectivity index (χ0) is 25.5. The van der Waals surface area contributed by atoms with Crippen LogP contribution in [0.4, 0.5) is 5.69 Å². The van der Waals surface area contributed by atoms with Crippen molar-refractivity contribution >= 4 is 45.0 Å². The van der Waals surface area contributed by atoms with E-state index in [-0.39, 0.29) is 5.91 Å². The summed E-state index contributed by atoms with van der Waals surface area (Å²) in [6.45, 7) is 0. The average molecular weight is 514 g/mol. The van der Waals surface area contributed by atoms with Crippen molar-refractivity contribution in [3.05, 3.63) is 102 Å². The molecule has 38 heavy (non-hydrogen) atoms. The smallest absolute Gasteiger partial charge is 0.255 e. The lowest BCUT2D eigenvalue weighted by Crippen LogP contribution is -2.11. The summed E-state index contributed by atoms with van der Waals surface area (Å²) >= 11 is 1.68. The number of aromatic amines is 2. The SMILES string of the molecule is O=C(Nc1cncc(-c2ccc3[nH]nc(-c4nc5c(-c6cccs6)cccc5[nH]4)c3n2)c1)c1ccccc1. The fraction of sp³-hybridized carbons (Fsp3) is 0. The molecule has 5 aromatic heterocycles. The van der Waals surface area contributed by atoms with E-state index in [1.54, 1.807) is 35.9 Å². The molecule has 9 heteroatoms. The predicted molar refractivity (Wildman–Crippen MR) is 150 cm³/mol. The van der Waals surface area contributed by atoms with Gasteiger partial charge in [-0.05, 0) is 47.8 Å². The Kier molecular flexibility index (Phi) is 5.26. The monoisotopic (exact) mass is 513 g/mol. The molecule has 2 aromatic carbocycles. The van der Waals surface area contributed by atoms with E-state index in [1.807, 2.05) is 54.6 Å². The van der Waals surface area contributed by atoms with E-state index in [4.69, 9.17) is 9.97 Å². The summed E-state index contributed by atoms with van der Waals surface area (Å²) in [7, 11) is 0. The molecule has 0 aliphatic carbocycles. The van der Waals surface area contributed by atoms with Crippen LogP contribution < -0.4 is 5.32 Å².